The number of nitrogens with one attached hydrogen (secondary N) is 1. The summed E-state index contributed by atoms with van der Waals surface area (Å²) >= 11 is 3.13. The van der Waals surface area contributed by atoms with Crippen LogP contribution in [0.4, 0.5) is 5.69 Å². The first-order valence-electron chi connectivity index (χ1n) is 11.2. The molecule has 3 aliphatic rings. The first-order chi connectivity index (χ1) is 16.7. The third kappa shape index (κ3) is 3.54. The lowest BCUT2D eigenvalue weighted by Gasteiger charge is -2.50. The molecule has 11 nitrogen and oxygen atoms in total. The molecule has 4 rings (SSSR count). The summed E-state index contributed by atoms with van der Waals surface area (Å²) in [4.78, 5) is 51.8. The number of Topliss-reactive ketones (excluding diaryl/α,β-unsaturated/α-hetero) is 2. The molecule has 1 saturated carbocycles. The maximum atomic E-state index is 13.8. The first kappa shape index (κ1) is 25.9. The Labute approximate surface area is 214 Å². The fourth-order valence-corrected chi connectivity index (χ4v) is 5.67. The molecular formula is C24H26BrN3O8. The average molecular weight is 564 g/mol. The number of aliphatic hydroxyl groups excluding tert-OH is 2. The van der Waals surface area contributed by atoms with E-state index >= 15 is 0 Å². The number of rotatable bonds is 4. The number of amides is 2. The number of likely N-dealkylation sites (N-methyl/N-ethyl adjacent to an activating group) is 1. The van der Waals surface area contributed by atoms with E-state index in [9.17, 15) is 39.6 Å². The van der Waals surface area contributed by atoms with Crippen molar-refractivity contribution >= 4 is 50.8 Å². The molecule has 192 valence electrons. The highest BCUT2D eigenvalue weighted by Crippen LogP contribution is 2.53. The molecule has 1 aromatic carbocycles. The van der Waals surface area contributed by atoms with E-state index in [4.69, 9.17) is 5.73 Å². The number of alkyl halides is 1. The largest absolute Gasteiger partial charge is 0.508 e. The zero-order valence-electron chi connectivity index (χ0n) is 19.7. The van der Waals surface area contributed by atoms with Crippen molar-refractivity contribution in [3.8, 4) is 5.75 Å². The van der Waals surface area contributed by atoms with Gasteiger partial charge in [0.2, 0.25) is 11.7 Å². The fraction of sp³-hybridized carbons (Fsp3) is 0.417. The van der Waals surface area contributed by atoms with Crippen LogP contribution in [0.3, 0.4) is 0 Å². The number of benzene rings is 1. The summed E-state index contributed by atoms with van der Waals surface area (Å²) in [6.07, 6.45) is 0.178. The van der Waals surface area contributed by atoms with E-state index in [-0.39, 0.29) is 29.7 Å². The third-order valence-corrected chi connectivity index (χ3v) is 7.63. The smallest absolute Gasteiger partial charge is 0.255 e. The molecule has 0 bridgehead atoms. The quantitative estimate of drug-likeness (QED) is 0.174. The van der Waals surface area contributed by atoms with Gasteiger partial charge in [0.05, 0.1) is 22.1 Å². The number of ketones is 2. The molecule has 0 aliphatic heterocycles. The molecule has 12 heteroatoms. The predicted molar refractivity (Wildman–Crippen MR) is 131 cm³/mol. The number of aliphatic hydroxyl groups is 3. The average Bonchev–Trinajstić information content (AvgIpc) is 2.77. The topological polar surface area (TPSA) is 190 Å². The van der Waals surface area contributed by atoms with Gasteiger partial charge in [0.15, 0.2) is 11.4 Å². The highest BCUT2D eigenvalue weighted by molar-refractivity contribution is 9.10. The Morgan fingerprint density at radius 2 is 1.86 bits per heavy atom. The van der Waals surface area contributed by atoms with Crippen LogP contribution in [0.2, 0.25) is 0 Å². The molecule has 3 aliphatic carbocycles. The molecule has 1 fully saturated rings. The van der Waals surface area contributed by atoms with E-state index in [1.54, 1.807) is 13.0 Å². The monoisotopic (exact) mass is 563 g/mol. The van der Waals surface area contributed by atoms with Gasteiger partial charge in [-0.05, 0) is 51.4 Å². The van der Waals surface area contributed by atoms with Gasteiger partial charge in [-0.25, -0.2) is 0 Å². The Morgan fingerprint density at radius 3 is 2.42 bits per heavy atom. The summed E-state index contributed by atoms with van der Waals surface area (Å²) in [6.45, 7) is 1.59. The number of hydrogen-bond acceptors (Lipinski definition) is 9. The van der Waals surface area contributed by atoms with Crippen molar-refractivity contribution in [3.63, 3.8) is 0 Å². The van der Waals surface area contributed by atoms with E-state index in [1.807, 2.05) is 0 Å². The standard InChI is InChI=1S/C24H26BrN3O8/c1-8(25)23(35)27-12-5-4-9-6-10-7-11-16(28(2)3)19(31)15(22(26)34)21(33)24(11,36)20(32)14(10)18(30)13(9)17(12)29/h4-5,8,10-11,16,29-30,33,36H,6-7H2,1-3H3,(H2,26,34)(H,27,35)/t8?,10?,11?,16-,24?/m0/s1. The molecule has 0 radical (unpaired) electrons. The number of phenols is 1. The normalized spacial score (nSPS) is 28.4. The van der Waals surface area contributed by atoms with Gasteiger partial charge < -0.3 is 31.5 Å². The molecule has 0 spiro atoms. The van der Waals surface area contributed by atoms with Crippen LogP contribution in [0, 0.1) is 11.8 Å². The lowest BCUT2D eigenvalue weighted by Crippen LogP contribution is -2.65. The highest BCUT2D eigenvalue weighted by atomic mass is 79.9. The van der Waals surface area contributed by atoms with Gasteiger partial charge in [0.25, 0.3) is 5.91 Å². The number of nitrogens with zero attached hydrogens (tertiary/aromatic N) is 1. The van der Waals surface area contributed by atoms with Crippen LogP contribution >= 0.6 is 15.9 Å². The molecule has 2 amide bonds. The Balaban J connectivity index is 1.90. The molecule has 0 aromatic heterocycles. The first-order valence-corrected chi connectivity index (χ1v) is 12.1. The lowest BCUT2D eigenvalue weighted by molar-refractivity contribution is -0.153. The second kappa shape index (κ2) is 8.71. The van der Waals surface area contributed by atoms with Crippen molar-refractivity contribution in [1.29, 1.82) is 0 Å². The minimum atomic E-state index is -2.70. The summed E-state index contributed by atoms with van der Waals surface area (Å²) in [5.74, 6) is -7.67. The minimum Gasteiger partial charge on any atom is -0.508 e. The second-order valence-electron chi connectivity index (χ2n) is 9.56. The van der Waals surface area contributed by atoms with Gasteiger partial charge in [0.1, 0.15) is 22.8 Å². The number of hydrogen-bond donors (Lipinski definition) is 6. The van der Waals surface area contributed by atoms with E-state index in [2.05, 4.69) is 21.2 Å². The zero-order chi connectivity index (χ0) is 26.9. The molecule has 1 aromatic rings. The molecule has 36 heavy (non-hydrogen) atoms. The van der Waals surface area contributed by atoms with Crippen LogP contribution in [0.5, 0.6) is 5.75 Å². The Hall–Kier alpha value is -3.22. The van der Waals surface area contributed by atoms with E-state index in [0.29, 0.717) is 5.56 Å². The van der Waals surface area contributed by atoms with Crippen LogP contribution in [0.25, 0.3) is 5.76 Å². The van der Waals surface area contributed by atoms with Crippen molar-refractivity contribution in [1.82, 2.24) is 4.90 Å². The van der Waals surface area contributed by atoms with Crippen molar-refractivity contribution in [2.24, 2.45) is 17.6 Å². The summed E-state index contributed by atoms with van der Waals surface area (Å²) < 4.78 is 0. The second-order valence-corrected chi connectivity index (χ2v) is 10.9. The van der Waals surface area contributed by atoms with Gasteiger partial charge >= 0.3 is 0 Å². The predicted octanol–water partition coefficient (Wildman–Crippen LogP) is 0.686. The van der Waals surface area contributed by atoms with Crippen LogP contribution in [-0.2, 0) is 25.6 Å². The molecule has 0 heterocycles. The van der Waals surface area contributed by atoms with Crippen molar-refractivity contribution in [2.45, 2.75) is 36.2 Å². The van der Waals surface area contributed by atoms with Crippen LogP contribution in [-0.4, -0.2) is 79.3 Å². The van der Waals surface area contributed by atoms with Crippen LogP contribution in [0.15, 0.2) is 29.0 Å². The number of nitrogens with two attached hydrogens (primary N) is 1. The van der Waals surface area contributed by atoms with Crippen LogP contribution < -0.4 is 11.1 Å². The number of fused-ring (bicyclic) bond motifs is 3. The van der Waals surface area contributed by atoms with Gasteiger partial charge in [0, 0.05) is 11.5 Å². The van der Waals surface area contributed by atoms with Crippen LogP contribution in [0.1, 0.15) is 24.5 Å². The maximum Gasteiger partial charge on any atom is 0.255 e. The van der Waals surface area contributed by atoms with Gasteiger partial charge in [-0.1, -0.05) is 22.0 Å². The number of aromatic hydroxyl groups is 1. The number of anilines is 1. The summed E-state index contributed by atoms with van der Waals surface area (Å²) in [5.41, 5.74) is 1.89. The Kier molecular flexibility index (Phi) is 6.26. The Morgan fingerprint density at radius 1 is 1.22 bits per heavy atom. The van der Waals surface area contributed by atoms with E-state index < -0.39 is 74.5 Å². The minimum absolute atomic E-state index is 0.00480. The molecule has 5 atom stereocenters. The zero-order valence-corrected chi connectivity index (χ0v) is 21.3. The SMILES string of the molecule is CC(Br)C(=O)Nc1ccc2c(c1O)C(O)=C1C(=O)C3(O)C(O)=C(C(N)=O)C(=O)[C@@H](N(C)C)C3CC1C2. The maximum absolute atomic E-state index is 13.8. The van der Waals surface area contributed by atoms with Crippen molar-refractivity contribution < 1.29 is 39.6 Å². The highest BCUT2D eigenvalue weighted by Gasteiger charge is 2.64. The fourth-order valence-electron chi connectivity index (χ4n) is 5.55. The van der Waals surface area contributed by atoms with E-state index in [0.717, 1.165) is 0 Å². The lowest BCUT2D eigenvalue weighted by atomic mass is 9.57. The molecular weight excluding hydrogens is 538 g/mol. The van der Waals surface area contributed by atoms with Gasteiger partial charge in [-0.15, -0.1) is 0 Å². The number of carbonyl (C=O) groups is 4. The molecule has 7 N–H and O–H groups in total. The Bertz CT molecular complexity index is 1280. The number of primary amides is 1. The van der Waals surface area contributed by atoms with Crippen molar-refractivity contribution in [3.05, 3.63) is 40.2 Å². The molecule has 4 unspecified atom stereocenters. The van der Waals surface area contributed by atoms with E-state index in [1.165, 1.54) is 25.1 Å². The van der Waals surface area contributed by atoms with Gasteiger partial charge in [-0.3, -0.25) is 24.1 Å². The third-order valence-electron chi connectivity index (χ3n) is 7.21. The molecule has 0 saturated heterocycles. The summed E-state index contributed by atoms with van der Waals surface area (Å²) in [7, 11) is 3.07. The number of carbonyl (C=O) groups excluding carboxylic acids is 4. The summed E-state index contributed by atoms with van der Waals surface area (Å²) in [6, 6.07) is 1.93. The van der Waals surface area contributed by atoms with Crippen molar-refractivity contribution in [2.75, 3.05) is 19.4 Å². The van der Waals surface area contributed by atoms with Gasteiger partial charge in [-0.2, -0.15) is 0 Å². The summed E-state index contributed by atoms with van der Waals surface area (Å²) in [5, 5.41) is 46.9. The number of halogens is 1. The number of phenolic OH excluding ortho intramolecular Hbond substituents is 1.